The van der Waals surface area contributed by atoms with Crippen LogP contribution >= 0.6 is 31.9 Å². The maximum Gasteiger partial charge on any atom is 0.436 e. The van der Waals surface area contributed by atoms with Gasteiger partial charge in [-0.25, -0.2) is 64.4 Å². The SMILES string of the molecule is CC1CCNc2c(C#N)cc(F)cc21.Cc1c(Br)cnc(C(F)(F)F)c1F.Cc1c(N2CCC(C)c3cc(F)cc(C#N)c32)cnc(C(F)(F)F)c1F.Cc1c(N2CCC(F)(F)c3cc(F)cc(C#N)c32)cnc(C(F)(F)F)c1C#N.Cc1c(N2CCC(O)c3cc(F)cc(C#N)c32)cnc(C(F)(F)F)c1C#N.Fc1cc(Br)cnc1C(F)(F)F. The molecule has 5 aromatic heterocycles. The number of anilines is 7. The van der Waals surface area contributed by atoms with E-state index in [0.717, 1.165) is 85.5 Å². The van der Waals surface area contributed by atoms with Crippen molar-refractivity contribution in [2.24, 2.45) is 0 Å². The average molecular weight is 1830 g/mol. The van der Waals surface area contributed by atoms with E-state index in [4.69, 9.17) is 5.26 Å². The van der Waals surface area contributed by atoms with Crippen LogP contribution in [0.1, 0.15) is 164 Å². The second kappa shape index (κ2) is 36.7. The number of aliphatic hydroxyl groups is 1. The van der Waals surface area contributed by atoms with E-state index in [2.05, 4.69) is 69.0 Å². The number of aromatic nitrogens is 5. The van der Waals surface area contributed by atoms with Crippen molar-refractivity contribution in [1.29, 1.82) is 31.6 Å². The highest BCUT2D eigenvalue weighted by Crippen LogP contribution is 2.51. The predicted octanol–water partition coefficient (Wildman–Crippen LogP) is 22.9. The summed E-state index contributed by atoms with van der Waals surface area (Å²) in [5.41, 5.74) is -6.73. The number of hydrogen-bond donors (Lipinski definition) is 2. The van der Waals surface area contributed by atoms with Gasteiger partial charge in [-0.1, -0.05) is 13.8 Å². The summed E-state index contributed by atoms with van der Waals surface area (Å²) in [5.74, 6) is -9.92. The molecule has 0 spiro atoms. The minimum absolute atomic E-state index is 0.0374. The molecule has 9 aromatic rings. The molecule has 0 fully saturated rings. The zero-order valence-electron chi connectivity index (χ0n) is 62.0. The fourth-order valence-corrected chi connectivity index (χ4v) is 13.5. The molecule has 42 heteroatoms. The minimum Gasteiger partial charge on any atom is -0.388 e. The Bertz CT molecular complexity index is 5720. The molecule has 4 aromatic carbocycles. The summed E-state index contributed by atoms with van der Waals surface area (Å²) in [4.78, 5) is 20.0. The van der Waals surface area contributed by atoms with Crippen molar-refractivity contribution in [2.45, 2.75) is 122 Å². The second-order valence-electron chi connectivity index (χ2n) is 26.5. The third kappa shape index (κ3) is 20.5. The lowest BCUT2D eigenvalue weighted by Crippen LogP contribution is -2.34. The Labute approximate surface area is 681 Å². The lowest BCUT2D eigenvalue weighted by atomic mass is 9.88. The number of nitrogens with zero attached hydrogens (tertiary/aromatic N) is 14. The molecular formula is C78H53Br2F24N15O. The van der Waals surface area contributed by atoms with Crippen LogP contribution in [-0.4, -0.2) is 56.2 Å². The van der Waals surface area contributed by atoms with E-state index in [0.29, 0.717) is 41.8 Å². The number of fused-ring (bicyclic) bond motifs is 4. The summed E-state index contributed by atoms with van der Waals surface area (Å²) in [6.45, 7) is 9.99. The van der Waals surface area contributed by atoms with Gasteiger partial charge in [0.1, 0.15) is 59.7 Å². The van der Waals surface area contributed by atoms with E-state index in [1.165, 1.54) is 67.8 Å². The first-order valence-electron chi connectivity index (χ1n) is 34.3. The molecule has 16 nitrogen and oxygen atoms in total. The highest BCUT2D eigenvalue weighted by atomic mass is 79.9. The summed E-state index contributed by atoms with van der Waals surface area (Å²) < 4.78 is 312. The first-order chi connectivity index (χ1) is 55.8. The van der Waals surface area contributed by atoms with Gasteiger partial charge in [-0.15, -0.1) is 0 Å². The van der Waals surface area contributed by atoms with Crippen molar-refractivity contribution in [3.63, 3.8) is 0 Å². The molecule has 0 aliphatic carbocycles. The van der Waals surface area contributed by atoms with Crippen LogP contribution in [0.25, 0.3) is 0 Å². The fourth-order valence-electron chi connectivity index (χ4n) is 12.9. The van der Waals surface area contributed by atoms with Crippen LogP contribution < -0.4 is 20.0 Å². The van der Waals surface area contributed by atoms with Gasteiger partial charge < -0.3 is 25.1 Å². The van der Waals surface area contributed by atoms with E-state index in [-0.39, 0.29) is 108 Å². The van der Waals surface area contributed by atoms with Gasteiger partial charge in [0.2, 0.25) is 0 Å². The van der Waals surface area contributed by atoms with Gasteiger partial charge in [0.25, 0.3) is 5.92 Å². The Morgan fingerprint density at radius 1 is 0.425 bits per heavy atom. The average Bonchev–Trinajstić information content (AvgIpc) is 0.748. The van der Waals surface area contributed by atoms with E-state index in [9.17, 15) is 137 Å². The Kier molecular flexibility index (Phi) is 28.6. The van der Waals surface area contributed by atoms with E-state index >= 15 is 0 Å². The number of halogens is 26. The van der Waals surface area contributed by atoms with Gasteiger partial charge in [0.15, 0.2) is 45.9 Å². The molecule has 0 radical (unpaired) electrons. The molecule has 3 atom stereocenters. The van der Waals surface area contributed by atoms with Crippen LogP contribution in [0, 0.1) is 136 Å². The fraction of sp³-hybridized carbons (Fsp3) is 0.295. The molecule has 0 bridgehead atoms. The highest BCUT2D eigenvalue weighted by Gasteiger charge is 2.46. The zero-order chi connectivity index (χ0) is 89.7. The normalized spacial score (nSPS) is 15.7. The van der Waals surface area contributed by atoms with Gasteiger partial charge in [0, 0.05) is 76.2 Å². The van der Waals surface area contributed by atoms with Gasteiger partial charge in [-0.2, -0.15) is 97.4 Å². The topological polar surface area (TPSA) is 249 Å². The van der Waals surface area contributed by atoms with E-state index < -0.39 is 135 Å². The molecule has 120 heavy (non-hydrogen) atoms. The number of nitrogens with one attached hydrogen (secondary N) is 1. The molecule has 4 aliphatic rings. The quantitative estimate of drug-likeness (QED) is 0.156. The summed E-state index contributed by atoms with van der Waals surface area (Å²) in [7, 11) is 0. The molecule has 2 N–H and O–H groups in total. The minimum atomic E-state index is -4.90. The number of hydrogen-bond acceptors (Lipinski definition) is 16. The summed E-state index contributed by atoms with van der Waals surface area (Å²) in [6, 6.07) is 19.7. The van der Waals surface area contributed by atoms with E-state index in [1.807, 2.05) is 25.1 Å². The van der Waals surface area contributed by atoms with Crippen LogP contribution in [0.4, 0.5) is 145 Å². The molecule has 13 rings (SSSR count). The third-order valence-electron chi connectivity index (χ3n) is 18.8. The van der Waals surface area contributed by atoms with Crippen molar-refractivity contribution in [3.05, 3.63) is 242 Å². The van der Waals surface area contributed by atoms with Crippen molar-refractivity contribution < 1.29 is 110 Å². The lowest BCUT2D eigenvalue weighted by molar-refractivity contribution is -0.144. The lowest BCUT2D eigenvalue weighted by Gasteiger charge is -2.37. The maximum atomic E-state index is 14.3. The standard InChI is InChI=1S/C18H10F6N4.C18H14F5N3.C18H12F4N4O.C11H11FN2.C7H4BrF4N.C6H2BrF4N/c1-9-12(7-26)16(18(22,23)24)27-8-14(9)28-3-2-17(20,21)13-5-11(19)4-10(6-25)15(13)28;1-9-3-4-26(16-11(7-24)5-12(19)6-13(9)16)14-8-25-17(18(21,22)23)15(20)10(14)2;1-9-13(7-24)17(18(20,21)22)25-8-14(9)26-3-2-15(27)12-5-11(19)4-10(6-23)16(12)26;1-7-2-3-14-11-8(6-13)4-9(12)5-10(7)11;1-3-4(8)2-13-6(5(3)9)7(10,11)12;7-3-1-4(8)5(12-2-3)6(9,10)11/h4-5,8H,2-3H2,1H3;5-6,8-9H,3-4H2,1-2H3;4-5,8,15,27H,2-3H2,1H3;4-5,7,14H,2-3H2,1H3;2H,1H3;1-2H. The monoisotopic (exact) mass is 1830 g/mol. The van der Waals surface area contributed by atoms with Crippen LogP contribution in [0.5, 0.6) is 0 Å². The van der Waals surface area contributed by atoms with E-state index in [1.54, 1.807) is 11.0 Å². The summed E-state index contributed by atoms with van der Waals surface area (Å²) in [6.07, 6.45) is -19.5. The van der Waals surface area contributed by atoms with Crippen LogP contribution in [0.15, 0.2) is 94.5 Å². The largest absolute Gasteiger partial charge is 0.436 e. The Balaban J connectivity index is 0.000000185. The van der Waals surface area contributed by atoms with Crippen molar-refractivity contribution >= 4 is 71.7 Å². The molecule has 9 heterocycles. The van der Waals surface area contributed by atoms with Crippen molar-refractivity contribution in [1.82, 2.24) is 24.9 Å². The number of pyridine rings is 5. The molecule has 0 saturated carbocycles. The van der Waals surface area contributed by atoms with Crippen molar-refractivity contribution in [3.8, 4) is 36.4 Å². The molecule has 4 aliphatic heterocycles. The number of rotatable bonds is 3. The summed E-state index contributed by atoms with van der Waals surface area (Å²) >= 11 is 5.67. The van der Waals surface area contributed by atoms with Crippen LogP contribution in [-0.2, 0) is 36.8 Å². The number of aliphatic hydroxyl groups excluding tert-OH is 1. The number of alkyl halides is 17. The Morgan fingerprint density at radius 2 is 0.800 bits per heavy atom. The molecule has 0 saturated heterocycles. The maximum absolute atomic E-state index is 14.3. The van der Waals surface area contributed by atoms with Gasteiger partial charge >= 0.3 is 30.9 Å². The smallest absolute Gasteiger partial charge is 0.388 e. The van der Waals surface area contributed by atoms with Gasteiger partial charge in [0.05, 0.1) is 97.9 Å². The van der Waals surface area contributed by atoms with Gasteiger partial charge in [-0.05, 0) is 168 Å². The highest BCUT2D eigenvalue weighted by molar-refractivity contribution is 9.10. The second-order valence-corrected chi connectivity index (χ2v) is 28.3. The molecule has 628 valence electrons. The first-order valence-corrected chi connectivity index (χ1v) is 35.9. The number of benzene rings is 4. The molecular weight excluding hydrogens is 1780 g/mol. The number of nitriles is 6. The molecule has 3 unspecified atom stereocenters. The Morgan fingerprint density at radius 3 is 1.26 bits per heavy atom. The molecule has 0 amide bonds. The predicted molar refractivity (Wildman–Crippen MR) is 388 cm³/mol. The first kappa shape index (κ1) is 93.5. The van der Waals surface area contributed by atoms with Crippen molar-refractivity contribution in [2.75, 3.05) is 46.2 Å². The zero-order valence-corrected chi connectivity index (χ0v) is 65.2. The van der Waals surface area contributed by atoms with Crippen LogP contribution in [0.2, 0.25) is 0 Å². The van der Waals surface area contributed by atoms with Gasteiger partial charge in [-0.3, -0.25) is 0 Å². The Hall–Kier alpha value is -12.0. The van der Waals surface area contributed by atoms with Crippen LogP contribution in [0.3, 0.4) is 0 Å². The summed E-state index contributed by atoms with van der Waals surface area (Å²) in [5, 5.41) is 68.5. The third-order valence-corrected chi connectivity index (χ3v) is 20.0.